The highest BCUT2D eigenvalue weighted by atomic mass is 19.1. The Balaban J connectivity index is 2.97. The summed E-state index contributed by atoms with van der Waals surface area (Å²) in [6, 6.07) is 2.78. The van der Waals surface area contributed by atoms with Gasteiger partial charge < -0.3 is 15.8 Å². The Morgan fingerprint density at radius 1 is 1.35 bits per heavy atom. The van der Waals surface area contributed by atoms with E-state index in [9.17, 15) is 14.0 Å². The van der Waals surface area contributed by atoms with E-state index in [-0.39, 0.29) is 11.3 Å². The van der Waals surface area contributed by atoms with Crippen LogP contribution in [0.25, 0.3) is 0 Å². The number of rotatable bonds is 3. The quantitative estimate of drug-likeness (QED) is 0.830. The SMILES string of the molecule is COC(=O)c1ccc(F)c(NC(=O)C(N)C(C)(C)C)c1. The third kappa shape index (κ3) is 3.77. The van der Waals surface area contributed by atoms with E-state index in [1.165, 1.54) is 19.2 Å². The Morgan fingerprint density at radius 2 is 1.95 bits per heavy atom. The van der Waals surface area contributed by atoms with Crippen LogP contribution in [0.15, 0.2) is 18.2 Å². The molecule has 0 aliphatic rings. The minimum Gasteiger partial charge on any atom is -0.465 e. The van der Waals surface area contributed by atoms with Gasteiger partial charge in [-0.2, -0.15) is 0 Å². The average Bonchev–Trinajstić information content (AvgIpc) is 2.38. The topological polar surface area (TPSA) is 81.4 Å². The fourth-order valence-corrected chi connectivity index (χ4v) is 1.47. The van der Waals surface area contributed by atoms with Gasteiger partial charge in [-0.3, -0.25) is 4.79 Å². The third-order valence-electron chi connectivity index (χ3n) is 2.86. The second kappa shape index (κ2) is 6.00. The summed E-state index contributed by atoms with van der Waals surface area (Å²) in [5.74, 6) is -1.77. The predicted octanol–water partition coefficient (Wildman–Crippen LogP) is 1.92. The number of hydrogen-bond donors (Lipinski definition) is 2. The first-order valence-electron chi connectivity index (χ1n) is 6.11. The summed E-state index contributed by atoms with van der Waals surface area (Å²) in [4.78, 5) is 23.3. The molecular weight excluding hydrogens is 263 g/mol. The van der Waals surface area contributed by atoms with E-state index in [1.807, 2.05) is 0 Å². The molecule has 3 N–H and O–H groups in total. The highest BCUT2D eigenvalue weighted by Crippen LogP contribution is 2.21. The van der Waals surface area contributed by atoms with E-state index in [0.717, 1.165) is 6.07 Å². The molecule has 0 aromatic heterocycles. The van der Waals surface area contributed by atoms with E-state index in [2.05, 4.69) is 10.1 Å². The number of halogens is 1. The molecular formula is C14H19FN2O3. The predicted molar refractivity (Wildman–Crippen MR) is 73.8 cm³/mol. The van der Waals surface area contributed by atoms with Gasteiger partial charge in [-0.05, 0) is 23.6 Å². The van der Waals surface area contributed by atoms with Gasteiger partial charge >= 0.3 is 5.97 Å². The summed E-state index contributed by atoms with van der Waals surface area (Å²) in [7, 11) is 1.22. The van der Waals surface area contributed by atoms with Gasteiger partial charge in [0, 0.05) is 0 Å². The lowest BCUT2D eigenvalue weighted by molar-refractivity contribution is -0.119. The number of anilines is 1. The molecule has 0 aliphatic heterocycles. The molecule has 0 bridgehead atoms. The van der Waals surface area contributed by atoms with Crippen LogP contribution in [-0.4, -0.2) is 25.0 Å². The first-order chi connectivity index (χ1) is 9.16. The van der Waals surface area contributed by atoms with E-state index in [4.69, 9.17) is 5.73 Å². The highest BCUT2D eigenvalue weighted by Gasteiger charge is 2.28. The fourth-order valence-electron chi connectivity index (χ4n) is 1.47. The van der Waals surface area contributed by atoms with Gasteiger partial charge in [0.15, 0.2) is 0 Å². The lowest BCUT2D eigenvalue weighted by Gasteiger charge is -2.25. The normalized spacial score (nSPS) is 12.7. The minimum atomic E-state index is -0.802. The van der Waals surface area contributed by atoms with Gasteiger partial charge in [0.05, 0.1) is 24.4 Å². The second-order valence-corrected chi connectivity index (χ2v) is 5.52. The van der Waals surface area contributed by atoms with Gasteiger partial charge in [-0.25, -0.2) is 9.18 Å². The average molecular weight is 282 g/mol. The van der Waals surface area contributed by atoms with Crippen molar-refractivity contribution in [3.05, 3.63) is 29.6 Å². The Kier molecular flexibility index (Phi) is 4.83. The van der Waals surface area contributed by atoms with Crippen molar-refractivity contribution < 1.29 is 18.7 Å². The second-order valence-electron chi connectivity index (χ2n) is 5.52. The molecule has 0 aliphatic carbocycles. The maximum absolute atomic E-state index is 13.6. The molecule has 0 saturated carbocycles. The Morgan fingerprint density at radius 3 is 2.45 bits per heavy atom. The van der Waals surface area contributed by atoms with Gasteiger partial charge in [0.2, 0.25) is 5.91 Å². The van der Waals surface area contributed by atoms with Crippen molar-refractivity contribution in [1.29, 1.82) is 0 Å². The molecule has 5 nitrogen and oxygen atoms in total. The zero-order valence-corrected chi connectivity index (χ0v) is 12.0. The molecule has 0 spiro atoms. The molecule has 20 heavy (non-hydrogen) atoms. The van der Waals surface area contributed by atoms with Crippen LogP contribution in [0.5, 0.6) is 0 Å². The summed E-state index contributed by atoms with van der Waals surface area (Å²) in [6.07, 6.45) is 0. The monoisotopic (exact) mass is 282 g/mol. The lowest BCUT2D eigenvalue weighted by Crippen LogP contribution is -2.45. The van der Waals surface area contributed by atoms with Crippen LogP contribution in [0.3, 0.4) is 0 Å². The van der Waals surface area contributed by atoms with Crippen molar-refractivity contribution in [2.45, 2.75) is 26.8 Å². The molecule has 1 amide bonds. The van der Waals surface area contributed by atoms with Crippen LogP contribution in [-0.2, 0) is 9.53 Å². The van der Waals surface area contributed by atoms with Crippen molar-refractivity contribution in [2.75, 3.05) is 12.4 Å². The van der Waals surface area contributed by atoms with E-state index in [0.29, 0.717) is 0 Å². The number of esters is 1. The Bertz CT molecular complexity index is 524. The number of benzene rings is 1. The first-order valence-corrected chi connectivity index (χ1v) is 6.11. The molecule has 0 saturated heterocycles. The summed E-state index contributed by atoms with van der Waals surface area (Å²) in [6.45, 7) is 5.41. The molecule has 0 fully saturated rings. The van der Waals surface area contributed by atoms with Crippen LogP contribution in [0.4, 0.5) is 10.1 Å². The Labute approximate surface area is 117 Å². The molecule has 1 aromatic rings. The van der Waals surface area contributed by atoms with Crippen LogP contribution in [0.2, 0.25) is 0 Å². The zero-order valence-electron chi connectivity index (χ0n) is 12.0. The number of ether oxygens (including phenoxy) is 1. The van der Waals surface area contributed by atoms with Gasteiger partial charge in [0.25, 0.3) is 0 Å². The molecule has 0 radical (unpaired) electrons. The lowest BCUT2D eigenvalue weighted by atomic mass is 9.87. The van der Waals surface area contributed by atoms with Crippen molar-refractivity contribution in [3.63, 3.8) is 0 Å². The first kappa shape index (κ1) is 16.1. The zero-order chi connectivity index (χ0) is 15.5. The highest BCUT2D eigenvalue weighted by molar-refractivity contribution is 5.97. The van der Waals surface area contributed by atoms with Crippen molar-refractivity contribution in [1.82, 2.24) is 0 Å². The minimum absolute atomic E-state index is 0.0994. The van der Waals surface area contributed by atoms with Crippen LogP contribution in [0.1, 0.15) is 31.1 Å². The standard InChI is InChI=1S/C14H19FN2O3/c1-14(2,3)11(16)12(18)17-10-7-8(13(19)20-4)5-6-9(10)15/h5-7,11H,16H2,1-4H3,(H,17,18). The van der Waals surface area contributed by atoms with E-state index in [1.54, 1.807) is 20.8 Å². The maximum atomic E-state index is 13.6. The van der Waals surface area contributed by atoms with Crippen LogP contribution >= 0.6 is 0 Å². The molecule has 110 valence electrons. The molecule has 1 atom stereocenters. The summed E-state index contributed by atoms with van der Waals surface area (Å²) in [5, 5.41) is 2.39. The number of amides is 1. The van der Waals surface area contributed by atoms with Gasteiger partial charge in [-0.15, -0.1) is 0 Å². The third-order valence-corrected chi connectivity index (χ3v) is 2.86. The molecule has 0 heterocycles. The number of nitrogens with one attached hydrogen (secondary N) is 1. The fraction of sp³-hybridized carbons (Fsp3) is 0.429. The molecule has 1 rings (SSSR count). The molecule has 6 heteroatoms. The van der Waals surface area contributed by atoms with Crippen LogP contribution < -0.4 is 11.1 Å². The Hall–Kier alpha value is -1.95. The number of methoxy groups -OCH3 is 1. The number of carbonyl (C=O) groups is 2. The van der Waals surface area contributed by atoms with Gasteiger partial charge in [-0.1, -0.05) is 20.8 Å². The van der Waals surface area contributed by atoms with E-state index >= 15 is 0 Å². The summed E-state index contributed by atoms with van der Waals surface area (Å²) in [5.41, 5.74) is 5.38. The molecule has 1 aromatic carbocycles. The summed E-state index contributed by atoms with van der Waals surface area (Å²) >= 11 is 0. The number of nitrogens with two attached hydrogens (primary N) is 1. The molecule has 1 unspecified atom stereocenters. The smallest absolute Gasteiger partial charge is 0.337 e. The van der Waals surface area contributed by atoms with Crippen LogP contribution in [0, 0.1) is 11.2 Å². The van der Waals surface area contributed by atoms with Gasteiger partial charge in [0.1, 0.15) is 5.82 Å². The maximum Gasteiger partial charge on any atom is 0.337 e. The largest absolute Gasteiger partial charge is 0.465 e. The van der Waals surface area contributed by atoms with E-state index < -0.39 is 29.2 Å². The van der Waals surface area contributed by atoms with Crippen molar-refractivity contribution >= 4 is 17.6 Å². The van der Waals surface area contributed by atoms with Crippen molar-refractivity contribution in [2.24, 2.45) is 11.1 Å². The number of hydrogen-bond acceptors (Lipinski definition) is 4. The number of carbonyl (C=O) groups excluding carboxylic acids is 2. The summed E-state index contributed by atoms with van der Waals surface area (Å²) < 4.78 is 18.2. The van der Waals surface area contributed by atoms with Crippen molar-refractivity contribution in [3.8, 4) is 0 Å².